The molecule has 0 heterocycles. The Morgan fingerprint density at radius 3 is 1.27 bits per heavy atom. The molecule has 10 amide bonds. The van der Waals surface area contributed by atoms with Gasteiger partial charge in [-0.25, -0.2) is 0 Å². The molecule has 0 aromatic rings. The van der Waals surface area contributed by atoms with E-state index in [9.17, 15) is 47.9 Å². The molecule has 0 aromatic carbocycles. The molecule has 23 nitrogen and oxygen atoms in total. The molecule has 23 heteroatoms. The summed E-state index contributed by atoms with van der Waals surface area (Å²) in [5.41, 5.74) is 6.08. The molecule has 82 heavy (non-hydrogen) atoms. The van der Waals surface area contributed by atoms with Gasteiger partial charge in [0.25, 0.3) is 5.91 Å². The minimum absolute atomic E-state index is 0.0186. The number of nitrogens with two attached hydrogens (primary N) is 1. The first kappa shape index (κ1) is 76.6. The van der Waals surface area contributed by atoms with Crippen LogP contribution in [0.4, 0.5) is 0 Å². The Labute approximate surface area is 493 Å². The number of carbonyl (C=O) groups is 10. The standard InChI is InChI=1S/C59H112N12O11/c1-26-42(60)53(76)71(25)59(82-30-29-64(16)17)58(81)68(22)45(32-36(6)7)51(74)63-47(38(10)11)56(79)67(21)44(31-35(4)5)50(73)61-40(14)49(72)62-41(15)52(75)66(20)43(28-27-34(2)3)54(77)69(23)46(33-37(8)9)55(78)70(24)48(39(12)13)57(80)65(18)19/h34-48,59H,26-33,60H2,1-25H3,(H,61,73)(H,62,72)(H,63,74)/t40-,41+,42-,43-,44-,45-,46-,47-,48-,59?/m0/s1. The molecular weight excluding hydrogens is 1050 g/mol. The van der Waals surface area contributed by atoms with Gasteiger partial charge in [0.05, 0.1) is 12.6 Å². The lowest BCUT2D eigenvalue weighted by atomic mass is 9.96. The van der Waals surface area contributed by atoms with Crippen LogP contribution >= 0.6 is 0 Å². The molecule has 0 saturated carbocycles. The van der Waals surface area contributed by atoms with Crippen molar-refractivity contribution in [2.45, 2.75) is 203 Å². The van der Waals surface area contributed by atoms with Crippen LogP contribution < -0.4 is 21.7 Å². The van der Waals surface area contributed by atoms with Gasteiger partial charge in [-0.1, -0.05) is 90.0 Å². The van der Waals surface area contributed by atoms with Gasteiger partial charge >= 0.3 is 0 Å². The Morgan fingerprint density at radius 1 is 0.415 bits per heavy atom. The Hall–Kier alpha value is -5.42. The fourth-order valence-electron chi connectivity index (χ4n) is 9.49. The second kappa shape index (κ2) is 35.7. The average Bonchev–Trinajstić information content (AvgIpc) is 3.38. The van der Waals surface area contributed by atoms with Crippen LogP contribution in [-0.4, -0.2) is 243 Å². The highest BCUT2D eigenvalue weighted by Gasteiger charge is 2.43. The van der Waals surface area contributed by atoms with Gasteiger partial charge in [-0.05, 0) is 102 Å². The molecule has 0 aliphatic rings. The van der Waals surface area contributed by atoms with Crippen LogP contribution in [0, 0.1) is 35.5 Å². The fraction of sp³-hybridized carbons (Fsp3) is 0.831. The van der Waals surface area contributed by atoms with Crippen molar-refractivity contribution < 1.29 is 52.7 Å². The number of carbonyl (C=O) groups excluding carboxylic acids is 10. The van der Waals surface area contributed by atoms with E-state index in [2.05, 4.69) is 16.0 Å². The number of hydrogen-bond acceptors (Lipinski definition) is 13. The Morgan fingerprint density at radius 2 is 0.841 bits per heavy atom. The van der Waals surface area contributed by atoms with Crippen LogP contribution in [0.3, 0.4) is 0 Å². The van der Waals surface area contributed by atoms with Gasteiger partial charge in [0, 0.05) is 62.9 Å². The number of hydrogen-bond donors (Lipinski definition) is 4. The maximum Gasteiger partial charge on any atom is 0.273 e. The van der Waals surface area contributed by atoms with E-state index in [0.29, 0.717) is 25.8 Å². The van der Waals surface area contributed by atoms with Crippen molar-refractivity contribution in [3.8, 4) is 0 Å². The van der Waals surface area contributed by atoms with Crippen LogP contribution in [0.5, 0.6) is 0 Å². The largest absolute Gasteiger partial charge is 0.348 e. The molecule has 10 atom stereocenters. The van der Waals surface area contributed by atoms with E-state index >= 15 is 0 Å². The Balaban J connectivity index is 6.75. The molecule has 474 valence electrons. The third-order valence-electron chi connectivity index (χ3n) is 14.8. The quantitative estimate of drug-likeness (QED) is 0.0666. The molecule has 5 N–H and O–H groups in total. The molecular formula is C59H112N12O11. The van der Waals surface area contributed by atoms with E-state index in [1.165, 1.54) is 78.5 Å². The van der Waals surface area contributed by atoms with Gasteiger partial charge < -0.3 is 65.6 Å². The zero-order valence-corrected chi connectivity index (χ0v) is 55.0. The summed E-state index contributed by atoms with van der Waals surface area (Å²) in [6, 6.07) is -9.43. The minimum atomic E-state index is -1.40. The molecule has 0 aromatic heterocycles. The lowest BCUT2D eigenvalue weighted by molar-refractivity contribution is -0.167. The highest BCUT2D eigenvalue weighted by molar-refractivity contribution is 5.98. The predicted molar refractivity (Wildman–Crippen MR) is 320 cm³/mol. The first-order chi connectivity index (χ1) is 37.7. The van der Waals surface area contributed by atoms with Crippen molar-refractivity contribution in [3.05, 3.63) is 0 Å². The molecule has 0 saturated heterocycles. The predicted octanol–water partition coefficient (Wildman–Crippen LogP) is 2.69. The Bertz CT molecular complexity index is 2100. The van der Waals surface area contributed by atoms with Crippen LogP contribution in [0.15, 0.2) is 0 Å². The molecule has 1 unspecified atom stereocenters. The van der Waals surface area contributed by atoms with Gasteiger partial charge in [-0.3, -0.25) is 47.9 Å². The van der Waals surface area contributed by atoms with Crippen LogP contribution in [0.1, 0.15) is 142 Å². The van der Waals surface area contributed by atoms with E-state index < -0.39 is 120 Å². The van der Waals surface area contributed by atoms with Gasteiger partial charge in [-0.2, -0.15) is 0 Å². The summed E-state index contributed by atoms with van der Waals surface area (Å²) in [7, 11) is 15.8. The zero-order valence-electron chi connectivity index (χ0n) is 55.0. The maximum atomic E-state index is 14.7. The second-order valence-corrected chi connectivity index (χ2v) is 25.3. The van der Waals surface area contributed by atoms with Crippen molar-refractivity contribution in [1.29, 1.82) is 0 Å². The molecule has 0 radical (unpaired) electrons. The molecule has 0 bridgehead atoms. The summed E-state index contributed by atoms with van der Waals surface area (Å²) in [4.78, 5) is 152. The van der Waals surface area contributed by atoms with E-state index in [1.807, 2.05) is 88.2 Å². The molecule has 0 fully saturated rings. The number of nitrogens with one attached hydrogen (secondary N) is 3. The minimum Gasteiger partial charge on any atom is -0.348 e. The molecule has 0 spiro atoms. The lowest BCUT2D eigenvalue weighted by Crippen LogP contribution is -2.61. The van der Waals surface area contributed by atoms with E-state index in [4.69, 9.17) is 10.5 Å². The molecule has 0 aliphatic heterocycles. The highest BCUT2D eigenvalue weighted by Crippen LogP contribution is 2.23. The van der Waals surface area contributed by atoms with Gasteiger partial charge in [0.2, 0.25) is 59.4 Å². The topological polar surface area (TPSA) is 268 Å². The Kier molecular flexibility index (Phi) is 33.3. The lowest BCUT2D eigenvalue weighted by Gasteiger charge is -2.39. The zero-order chi connectivity index (χ0) is 64.1. The van der Waals surface area contributed by atoms with Gasteiger partial charge in [-0.15, -0.1) is 0 Å². The number of nitrogens with zero attached hydrogens (tertiary/aromatic N) is 8. The normalized spacial score (nSPS) is 15.4. The summed E-state index contributed by atoms with van der Waals surface area (Å²) >= 11 is 0. The summed E-state index contributed by atoms with van der Waals surface area (Å²) < 4.78 is 6.00. The third kappa shape index (κ3) is 23.3. The van der Waals surface area contributed by atoms with Gasteiger partial charge in [0.15, 0.2) is 0 Å². The highest BCUT2D eigenvalue weighted by atomic mass is 16.5. The summed E-state index contributed by atoms with van der Waals surface area (Å²) in [5, 5.41) is 8.29. The number of likely N-dealkylation sites (N-methyl/N-ethyl adjacent to an activating group) is 8. The van der Waals surface area contributed by atoms with Crippen LogP contribution in [0.25, 0.3) is 0 Å². The van der Waals surface area contributed by atoms with Crippen molar-refractivity contribution in [3.63, 3.8) is 0 Å². The summed E-state index contributed by atoms with van der Waals surface area (Å²) in [5.74, 6) is -6.31. The van der Waals surface area contributed by atoms with Crippen molar-refractivity contribution in [2.75, 3.05) is 83.6 Å². The van der Waals surface area contributed by atoms with E-state index in [0.717, 1.165) is 4.90 Å². The van der Waals surface area contributed by atoms with Crippen molar-refractivity contribution >= 4 is 59.1 Å². The summed E-state index contributed by atoms with van der Waals surface area (Å²) in [6.45, 7) is 27.8. The number of ether oxygens (including phenoxy) is 1. The summed E-state index contributed by atoms with van der Waals surface area (Å²) in [6.07, 6.45) is 0.383. The fourth-order valence-corrected chi connectivity index (χ4v) is 9.49. The average molecular weight is 1170 g/mol. The first-order valence-corrected chi connectivity index (χ1v) is 29.4. The first-order valence-electron chi connectivity index (χ1n) is 29.4. The monoisotopic (exact) mass is 1160 g/mol. The van der Waals surface area contributed by atoms with E-state index in [1.54, 1.807) is 41.9 Å². The SMILES string of the molecule is CC[C@H](N)C(=O)N(C)C(OCCN(C)C)C(=O)N(C)[C@@H](CC(C)C)C(=O)N[C@H](C(=O)N(C)[C@@H](CC(C)C)C(=O)N[C@@H](C)C(=O)N[C@H](C)C(=O)N(C)[C@@H](CCC(C)C)C(=O)N(C)[C@@H](CC(C)C)C(=O)N(C)[C@H](C(=O)N(C)C)C(C)C)C(C)C. The second-order valence-electron chi connectivity index (χ2n) is 25.3. The molecule has 0 rings (SSSR count). The molecule has 0 aliphatic carbocycles. The van der Waals surface area contributed by atoms with Crippen LogP contribution in [0.2, 0.25) is 0 Å². The van der Waals surface area contributed by atoms with Crippen molar-refractivity contribution in [1.82, 2.24) is 55.1 Å². The van der Waals surface area contributed by atoms with Crippen molar-refractivity contribution in [2.24, 2.45) is 41.2 Å². The number of rotatable bonds is 35. The smallest absolute Gasteiger partial charge is 0.273 e. The number of amides is 10. The van der Waals surface area contributed by atoms with Crippen LogP contribution in [-0.2, 0) is 52.7 Å². The third-order valence-corrected chi connectivity index (χ3v) is 14.8. The van der Waals surface area contributed by atoms with Gasteiger partial charge in [0.1, 0.15) is 48.3 Å². The maximum absolute atomic E-state index is 14.7. The van der Waals surface area contributed by atoms with E-state index in [-0.39, 0.29) is 61.4 Å².